The molecule has 0 saturated heterocycles. The van der Waals surface area contributed by atoms with Crippen molar-refractivity contribution >= 4 is 40.3 Å². The van der Waals surface area contributed by atoms with Gasteiger partial charge in [0, 0.05) is 0 Å². The summed E-state index contributed by atoms with van der Waals surface area (Å²) < 4.78 is 5.59. The first-order valence-electron chi connectivity index (χ1n) is 4.05. The minimum atomic E-state index is -3.41. The molecule has 12 heavy (non-hydrogen) atoms. The van der Waals surface area contributed by atoms with Gasteiger partial charge in [0.05, 0.1) is 0 Å². The summed E-state index contributed by atoms with van der Waals surface area (Å²) in [6.07, 6.45) is 3.18. The predicted molar refractivity (Wildman–Crippen MR) is 53.6 cm³/mol. The minimum absolute atomic E-state index is 0.354. The average Bonchev–Trinajstić information content (AvgIpc) is 1.84. The van der Waals surface area contributed by atoms with Crippen LogP contribution >= 0.6 is 17.8 Å². The van der Waals surface area contributed by atoms with E-state index in [1.807, 2.05) is 0 Å². The fourth-order valence-electron chi connectivity index (χ4n) is 0.842. The second-order valence-corrected chi connectivity index (χ2v) is 17.8. The van der Waals surface area contributed by atoms with Crippen molar-refractivity contribution in [1.82, 2.24) is 0 Å². The SMILES string of the molecule is CCCC[CH2][Sn]([Cl])([Cl])[O]C(C)=O. The molecule has 0 bridgehead atoms. The van der Waals surface area contributed by atoms with Gasteiger partial charge in [0.1, 0.15) is 0 Å². The van der Waals surface area contributed by atoms with Gasteiger partial charge in [0.15, 0.2) is 0 Å². The Bertz CT molecular complexity index is 150. The van der Waals surface area contributed by atoms with Crippen LogP contribution in [-0.2, 0) is 7.87 Å². The maximum absolute atomic E-state index is 10.6. The van der Waals surface area contributed by atoms with E-state index in [9.17, 15) is 4.79 Å². The van der Waals surface area contributed by atoms with E-state index in [2.05, 4.69) is 6.92 Å². The summed E-state index contributed by atoms with van der Waals surface area (Å²) in [5.74, 6) is -0.354. The Morgan fingerprint density at radius 3 is 2.42 bits per heavy atom. The second-order valence-electron chi connectivity index (χ2n) is 2.69. The molecule has 0 spiro atoms. The summed E-state index contributed by atoms with van der Waals surface area (Å²) in [7, 11) is 11.8. The predicted octanol–water partition coefficient (Wildman–Crippen LogP) is 3.16. The molecule has 0 radical (unpaired) electrons. The van der Waals surface area contributed by atoms with Crippen LogP contribution in [0.3, 0.4) is 0 Å². The molecular formula is C7H14Cl2O2Sn. The zero-order chi connectivity index (χ0) is 9.61. The van der Waals surface area contributed by atoms with E-state index in [4.69, 9.17) is 20.9 Å². The normalized spacial score (nSPS) is 11.3. The zero-order valence-electron chi connectivity index (χ0n) is 7.40. The van der Waals surface area contributed by atoms with Gasteiger partial charge in [-0.15, -0.1) is 0 Å². The fraction of sp³-hybridized carbons (Fsp3) is 0.857. The number of rotatable bonds is 5. The molecule has 0 aliphatic carbocycles. The number of hydrogen-bond donors (Lipinski definition) is 0. The summed E-state index contributed by atoms with van der Waals surface area (Å²) in [6.45, 7) is 3.45. The van der Waals surface area contributed by atoms with Crippen LogP contribution in [0.25, 0.3) is 0 Å². The molecule has 0 fully saturated rings. The molecular weight excluding hydrogens is 306 g/mol. The third kappa shape index (κ3) is 7.50. The molecule has 0 aliphatic heterocycles. The van der Waals surface area contributed by atoms with Crippen molar-refractivity contribution in [2.45, 2.75) is 37.5 Å². The van der Waals surface area contributed by atoms with Crippen LogP contribution in [0.2, 0.25) is 4.44 Å². The van der Waals surface area contributed by atoms with E-state index in [1.54, 1.807) is 0 Å². The number of hydrogen-bond acceptors (Lipinski definition) is 2. The van der Waals surface area contributed by atoms with E-state index < -0.39 is 16.5 Å². The van der Waals surface area contributed by atoms with E-state index in [1.165, 1.54) is 6.92 Å². The number of carbonyl (C=O) groups excluding carboxylic acids is 1. The Balaban J connectivity index is 3.63. The van der Waals surface area contributed by atoms with E-state index in [0.717, 1.165) is 19.3 Å². The molecule has 0 aromatic heterocycles. The van der Waals surface area contributed by atoms with Gasteiger partial charge < -0.3 is 0 Å². The number of unbranched alkanes of at least 4 members (excludes halogenated alkanes) is 2. The van der Waals surface area contributed by atoms with Crippen molar-refractivity contribution in [3.05, 3.63) is 0 Å². The fourth-order valence-corrected chi connectivity index (χ4v) is 7.47. The van der Waals surface area contributed by atoms with Gasteiger partial charge >= 0.3 is 85.8 Å². The summed E-state index contributed by atoms with van der Waals surface area (Å²) in [6, 6.07) is 0. The monoisotopic (exact) mass is 320 g/mol. The summed E-state index contributed by atoms with van der Waals surface area (Å²) in [5, 5.41) is 0. The molecule has 0 atom stereocenters. The van der Waals surface area contributed by atoms with Gasteiger partial charge in [-0.2, -0.15) is 0 Å². The van der Waals surface area contributed by atoms with Crippen molar-refractivity contribution in [2.75, 3.05) is 0 Å². The van der Waals surface area contributed by atoms with Crippen LogP contribution in [0.15, 0.2) is 0 Å². The zero-order valence-corrected chi connectivity index (χ0v) is 11.8. The molecule has 0 unspecified atom stereocenters. The molecule has 0 N–H and O–H groups in total. The summed E-state index contributed by atoms with van der Waals surface area (Å²) in [4.78, 5) is 10.6. The van der Waals surface area contributed by atoms with Gasteiger partial charge in [0.25, 0.3) is 0 Å². The number of carbonyl (C=O) groups is 1. The van der Waals surface area contributed by atoms with Crippen LogP contribution in [0.4, 0.5) is 0 Å². The van der Waals surface area contributed by atoms with Crippen LogP contribution in [-0.4, -0.2) is 22.5 Å². The maximum atomic E-state index is 10.6. The third-order valence-electron chi connectivity index (χ3n) is 1.36. The molecule has 0 aromatic rings. The van der Waals surface area contributed by atoms with E-state index in [0.29, 0.717) is 4.44 Å². The van der Waals surface area contributed by atoms with Crippen LogP contribution in [0.1, 0.15) is 33.1 Å². The molecule has 2 nitrogen and oxygen atoms in total. The molecule has 0 aromatic carbocycles. The van der Waals surface area contributed by atoms with Crippen molar-refractivity contribution in [3.8, 4) is 0 Å². The van der Waals surface area contributed by atoms with Gasteiger partial charge in [-0.05, 0) is 0 Å². The first-order chi connectivity index (χ1) is 5.48. The molecule has 0 amide bonds. The van der Waals surface area contributed by atoms with Crippen LogP contribution in [0.5, 0.6) is 0 Å². The molecule has 0 heterocycles. The third-order valence-corrected chi connectivity index (χ3v) is 9.28. The molecule has 0 rings (SSSR count). The first-order valence-corrected chi connectivity index (χ1v) is 14.5. The summed E-state index contributed by atoms with van der Waals surface area (Å²) >= 11 is -3.41. The molecule has 0 aliphatic rings. The average molecular weight is 320 g/mol. The van der Waals surface area contributed by atoms with Gasteiger partial charge in [-0.25, -0.2) is 0 Å². The van der Waals surface area contributed by atoms with Crippen LogP contribution in [0, 0.1) is 0 Å². The van der Waals surface area contributed by atoms with Crippen molar-refractivity contribution < 1.29 is 7.87 Å². The van der Waals surface area contributed by atoms with Gasteiger partial charge in [-0.1, -0.05) is 0 Å². The quantitative estimate of drug-likeness (QED) is 0.575. The van der Waals surface area contributed by atoms with E-state index in [-0.39, 0.29) is 5.97 Å². The van der Waals surface area contributed by atoms with Gasteiger partial charge in [-0.3, -0.25) is 0 Å². The van der Waals surface area contributed by atoms with Crippen molar-refractivity contribution in [1.29, 1.82) is 0 Å². The Kier molecular flexibility index (Phi) is 6.77. The summed E-state index contributed by atoms with van der Waals surface area (Å²) in [5.41, 5.74) is 0. The molecule has 72 valence electrons. The Morgan fingerprint density at radius 2 is 2.00 bits per heavy atom. The first kappa shape index (κ1) is 12.8. The Labute approximate surface area is 85.4 Å². The van der Waals surface area contributed by atoms with Crippen molar-refractivity contribution in [2.24, 2.45) is 0 Å². The van der Waals surface area contributed by atoms with Crippen molar-refractivity contribution in [3.63, 3.8) is 0 Å². The molecule has 0 saturated carbocycles. The van der Waals surface area contributed by atoms with E-state index >= 15 is 0 Å². The standard InChI is InChI=1S/C5H11.C2H4O2.2ClH.Sn/c1-3-5-4-2;1-2(3)4;;;/h1,3-5H2,2H3;1H3,(H,3,4);2*1H;/q;;;;+3/p-3. The second kappa shape index (κ2) is 6.32. The van der Waals surface area contributed by atoms with Gasteiger partial charge in [0.2, 0.25) is 0 Å². The Morgan fingerprint density at radius 1 is 1.42 bits per heavy atom. The Hall–Kier alpha value is 0.849. The van der Waals surface area contributed by atoms with Crippen LogP contribution < -0.4 is 0 Å². The molecule has 5 heteroatoms. The topological polar surface area (TPSA) is 26.3 Å². The number of halogens is 2.